The zero-order valence-corrected chi connectivity index (χ0v) is 7.96. The van der Waals surface area contributed by atoms with Crippen molar-refractivity contribution in [3.05, 3.63) is 12.7 Å². The van der Waals surface area contributed by atoms with E-state index in [0.717, 1.165) is 6.42 Å². The second kappa shape index (κ2) is 6.30. The van der Waals surface area contributed by atoms with Gasteiger partial charge in [0.2, 0.25) is 0 Å². The van der Waals surface area contributed by atoms with Crippen LogP contribution in [0.15, 0.2) is 12.7 Å². The molecule has 0 bridgehead atoms. The monoisotopic (exact) mass is 190 g/mol. The maximum atomic E-state index is 10.0. The van der Waals surface area contributed by atoms with E-state index in [2.05, 4.69) is 6.58 Å². The van der Waals surface area contributed by atoms with Gasteiger partial charge >= 0.3 is 0 Å². The fraction of sp³-hybridized carbons (Fsp3) is 0.750. The molecular formula is C8H15O3P. The van der Waals surface area contributed by atoms with Gasteiger partial charge in [-0.2, -0.15) is 0 Å². The van der Waals surface area contributed by atoms with Crippen LogP contribution >= 0.6 is 8.46 Å². The largest absolute Gasteiger partial charge is 0.365 e. The predicted octanol–water partition coefficient (Wildman–Crippen LogP) is 1.71. The SMILES string of the molecule is C=CCC(O)(O)CCCCP=O. The van der Waals surface area contributed by atoms with Crippen molar-refractivity contribution in [3.8, 4) is 0 Å². The molecule has 0 saturated carbocycles. The zero-order valence-electron chi connectivity index (χ0n) is 7.07. The summed E-state index contributed by atoms with van der Waals surface area (Å²) in [6.07, 6.45) is 3.99. The van der Waals surface area contributed by atoms with E-state index in [9.17, 15) is 14.8 Å². The molecule has 3 nitrogen and oxygen atoms in total. The van der Waals surface area contributed by atoms with Gasteiger partial charge in [-0.25, -0.2) is 0 Å². The summed E-state index contributed by atoms with van der Waals surface area (Å²) in [4.78, 5) is 0. The molecule has 2 N–H and O–H groups in total. The highest BCUT2D eigenvalue weighted by molar-refractivity contribution is 7.23. The van der Waals surface area contributed by atoms with E-state index in [1.165, 1.54) is 6.08 Å². The molecule has 0 aliphatic carbocycles. The molecule has 0 unspecified atom stereocenters. The minimum atomic E-state index is -1.62. The van der Waals surface area contributed by atoms with Crippen LogP contribution in [0.5, 0.6) is 0 Å². The number of hydrogen-bond acceptors (Lipinski definition) is 3. The van der Waals surface area contributed by atoms with E-state index >= 15 is 0 Å². The number of unbranched alkanes of at least 4 members (excludes halogenated alkanes) is 1. The third-order valence-electron chi connectivity index (χ3n) is 1.55. The molecule has 0 fully saturated rings. The summed E-state index contributed by atoms with van der Waals surface area (Å²) < 4.78 is 10.0. The van der Waals surface area contributed by atoms with Crippen LogP contribution in [0.4, 0.5) is 0 Å². The Morgan fingerprint density at radius 1 is 1.42 bits per heavy atom. The molecule has 0 amide bonds. The topological polar surface area (TPSA) is 57.5 Å². The van der Waals surface area contributed by atoms with Crippen molar-refractivity contribution >= 4 is 8.46 Å². The Hall–Kier alpha value is -0.240. The molecule has 0 aromatic heterocycles. The average Bonchev–Trinajstić information content (AvgIpc) is 1.98. The molecule has 70 valence electrons. The van der Waals surface area contributed by atoms with Crippen LogP contribution in [0.2, 0.25) is 0 Å². The van der Waals surface area contributed by atoms with Gasteiger partial charge in [-0.05, 0) is 12.8 Å². The van der Waals surface area contributed by atoms with Gasteiger partial charge in [0.25, 0.3) is 0 Å². The molecule has 0 aliphatic heterocycles. The van der Waals surface area contributed by atoms with E-state index in [4.69, 9.17) is 0 Å². The molecule has 0 heterocycles. The highest BCUT2D eigenvalue weighted by Crippen LogP contribution is 2.16. The van der Waals surface area contributed by atoms with Crippen molar-refractivity contribution in [2.45, 2.75) is 31.5 Å². The van der Waals surface area contributed by atoms with Gasteiger partial charge in [0.1, 0.15) is 0 Å². The molecule has 4 heteroatoms. The smallest absolute Gasteiger partial charge is 0.165 e. The van der Waals surface area contributed by atoms with Crippen molar-refractivity contribution in [2.75, 3.05) is 6.16 Å². The Kier molecular flexibility index (Phi) is 6.17. The first-order valence-electron chi connectivity index (χ1n) is 3.97. The highest BCUT2D eigenvalue weighted by atomic mass is 31.1. The van der Waals surface area contributed by atoms with Crippen molar-refractivity contribution in [2.24, 2.45) is 0 Å². The minimum absolute atomic E-state index is 0.125. The third-order valence-corrected chi connectivity index (χ3v) is 2.05. The molecule has 0 radical (unpaired) electrons. The molecule has 12 heavy (non-hydrogen) atoms. The maximum Gasteiger partial charge on any atom is 0.165 e. The number of rotatable bonds is 7. The standard InChI is InChI=1S/C8H15O3P/c1-2-5-8(9,10)6-3-4-7-12-11/h2,9-10H,1,3-7H2. The zero-order chi connectivity index (χ0) is 9.45. The molecule has 0 aliphatic rings. The molecular weight excluding hydrogens is 175 g/mol. The van der Waals surface area contributed by atoms with Gasteiger partial charge < -0.3 is 10.2 Å². The first-order chi connectivity index (χ1) is 5.62. The first-order valence-corrected chi connectivity index (χ1v) is 4.97. The van der Waals surface area contributed by atoms with Gasteiger partial charge in [-0.15, -0.1) is 6.58 Å². The van der Waals surface area contributed by atoms with E-state index in [1.807, 2.05) is 0 Å². The lowest BCUT2D eigenvalue weighted by Crippen LogP contribution is -2.26. The van der Waals surface area contributed by atoms with Gasteiger partial charge in [0.05, 0.1) is 0 Å². The van der Waals surface area contributed by atoms with Crippen LogP contribution < -0.4 is 0 Å². The van der Waals surface area contributed by atoms with Crippen LogP contribution in [0.3, 0.4) is 0 Å². The van der Waals surface area contributed by atoms with E-state index in [0.29, 0.717) is 19.0 Å². The molecule has 0 aromatic rings. The average molecular weight is 190 g/mol. The lowest BCUT2D eigenvalue weighted by molar-refractivity contribution is -0.162. The normalized spacial score (nSPS) is 11.8. The summed E-state index contributed by atoms with van der Waals surface area (Å²) in [5.74, 6) is -1.62. The number of aliphatic hydroxyl groups is 2. The fourth-order valence-electron chi connectivity index (χ4n) is 0.918. The Morgan fingerprint density at radius 2 is 2.08 bits per heavy atom. The summed E-state index contributed by atoms with van der Waals surface area (Å²) in [5.41, 5.74) is 0. The lowest BCUT2D eigenvalue weighted by Gasteiger charge is -2.19. The predicted molar refractivity (Wildman–Crippen MR) is 48.3 cm³/mol. The van der Waals surface area contributed by atoms with Crippen LogP contribution in [0.1, 0.15) is 25.7 Å². The molecule has 0 rings (SSSR count). The quantitative estimate of drug-likeness (QED) is 0.278. The minimum Gasteiger partial charge on any atom is -0.365 e. The third kappa shape index (κ3) is 6.47. The second-order valence-electron chi connectivity index (χ2n) is 2.79. The van der Waals surface area contributed by atoms with Crippen LogP contribution in [-0.2, 0) is 4.57 Å². The van der Waals surface area contributed by atoms with Crippen LogP contribution in [-0.4, -0.2) is 22.2 Å². The van der Waals surface area contributed by atoms with Crippen molar-refractivity contribution in [1.29, 1.82) is 0 Å². The van der Waals surface area contributed by atoms with Crippen LogP contribution in [0, 0.1) is 0 Å². The fourth-order valence-corrected chi connectivity index (χ4v) is 1.27. The summed E-state index contributed by atoms with van der Waals surface area (Å²) in [5, 5.41) is 18.4. The highest BCUT2D eigenvalue weighted by Gasteiger charge is 2.19. The van der Waals surface area contributed by atoms with E-state index in [-0.39, 0.29) is 14.9 Å². The summed E-state index contributed by atoms with van der Waals surface area (Å²) in [6, 6.07) is 0. The Balaban J connectivity index is 3.45. The molecule has 0 saturated heterocycles. The molecule has 0 spiro atoms. The van der Waals surface area contributed by atoms with Gasteiger partial charge in [-0.1, -0.05) is 6.08 Å². The lowest BCUT2D eigenvalue weighted by atomic mass is 10.1. The van der Waals surface area contributed by atoms with Crippen LogP contribution in [0.25, 0.3) is 0 Å². The molecule has 0 atom stereocenters. The first kappa shape index (κ1) is 11.8. The Morgan fingerprint density at radius 3 is 2.58 bits per heavy atom. The van der Waals surface area contributed by atoms with Crippen molar-refractivity contribution in [1.82, 2.24) is 0 Å². The van der Waals surface area contributed by atoms with Gasteiger partial charge in [-0.3, -0.25) is 4.57 Å². The van der Waals surface area contributed by atoms with E-state index in [1.54, 1.807) is 0 Å². The second-order valence-corrected chi connectivity index (χ2v) is 3.49. The Bertz CT molecular complexity index is 145. The van der Waals surface area contributed by atoms with Crippen molar-refractivity contribution in [3.63, 3.8) is 0 Å². The number of hydrogen-bond donors (Lipinski definition) is 2. The maximum absolute atomic E-state index is 10.0. The summed E-state index contributed by atoms with van der Waals surface area (Å²) in [6.45, 7) is 3.42. The summed E-state index contributed by atoms with van der Waals surface area (Å²) in [7, 11) is 0.125. The van der Waals surface area contributed by atoms with Gasteiger partial charge in [0.15, 0.2) is 14.2 Å². The van der Waals surface area contributed by atoms with Crippen molar-refractivity contribution < 1.29 is 14.8 Å². The van der Waals surface area contributed by atoms with E-state index < -0.39 is 5.79 Å². The Labute approximate surface area is 74.3 Å². The van der Waals surface area contributed by atoms with Gasteiger partial charge in [0, 0.05) is 19.0 Å². The summed E-state index contributed by atoms with van der Waals surface area (Å²) >= 11 is 0. The molecule has 0 aromatic carbocycles.